The number of oxazole rings is 1. The Balaban J connectivity index is 1.70. The minimum atomic E-state index is -4.51. The minimum Gasteiger partial charge on any atom is -0.448 e. The summed E-state index contributed by atoms with van der Waals surface area (Å²) in [6, 6.07) is 1.59. The smallest absolute Gasteiger partial charge is 0.416 e. The number of hydrogen-bond donors (Lipinski definition) is 1. The fourth-order valence-corrected chi connectivity index (χ4v) is 2.38. The molecule has 3 rings (SSSR count). The van der Waals surface area contributed by atoms with Crippen molar-refractivity contribution >= 4 is 11.7 Å². The summed E-state index contributed by atoms with van der Waals surface area (Å²) in [6.45, 7) is 1.20. The lowest BCUT2D eigenvalue weighted by Gasteiger charge is -2.18. The molecule has 1 amide bonds. The van der Waals surface area contributed by atoms with Crippen molar-refractivity contribution in [3.05, 3.63) is 41.7 Å². The van der Waals surface area contributed by atoms with Crippen molar-refractivity contribution in [3.63, 3.8) is 0 Å². The summed E-state index contributed by atoms with van der Waals surface area (Å²) >= 11 is 0. The van der Waals surface area contributed by atoms with Crippen LogP contribution in [-0.4, -0.2) is 29.1 Å². The van der Waals surface area contributed by atoms with Crippen LogP contribution in [0.4, 0.5) is 19.0 Å². The highest BCUT2D eigenvalue weighted by Gasteiger charge is 2.31. The van der Waals surface area contributed by atoms with Crippen LogP contribution in [0, 0.1) is 0 Å². The number of hydrogen-bond acceptors (Lipinski definition) is 5. The maximum Gasteiger partial charge on any atom is 0.416 e. The summed E-state index contributed by atoms with van der Waals surface area (Å²) in [5.41, 5.74) is -0.897. The molecule has 2 aromatic rings. The summed E-state index contributed by atoms with van der Waals surface area (Å²) in [5, 5.41) is 2.29. The van der Waals surface area contributed by atoms with Crippen molar-refractivity contribution in [2.75, 3.05) is 18.5 Å². The summed E-state index contributed by atoms with van der Waals surface area (Å²) in [5.74, 6) is -0.373. The molecule has 0 saturated carbocycles. The van der Waals surface area contributed by atoms with Crippen molar-refractivity contribution in [2.24, 2.45) is 0 Å². The first kappa shape index (κ1) is 16.4. The second-order valence-electron chi connectivity index (χ2n) is 5.34. The van der Waals surface area contributed by atoms with Gasteiger partial charge in [0.05, 0.1) is 5.56 Å². The molecule has 0 aromatic carbocycles. The van der Waals surface area contributed by atoms with E-state index in [2.05, 4.69) is 15.3 Å². The van der Waals surface area contributed by atoms with Crippen molar-refractivity contribution in [2.45, 2.75) is 24.9 Å². The van der Waals surface area contributed by atoms with Crippen LogP contribution in [0.3, 0.4) is 0 Å². The molecule has 1 aliphatic heterocycles. The average molecular weight is 341 g/mol. The lowest BCUT2D eigenvalue weighted by atomic mass is 10.0. The van der Waals surface area contributed by atoms with Gasteiger partial charge in [0.15, 0.2) is 11.6 Å². The molecule has 0 unspecified atom stereocenters. The Kier molecular flexibility index (Phi) is 4.52. The first-order chi connectivity index (χ1) is 11.4. The molecule has 0 radical (unpaired) electrons. The van der Waals surface area contributed by atoms with Crippen LogP contribution in [0.2, 0.25) is 0 Å². The van der Waals surface area contributed by atoms with E-state index < -0.39 is 17.6 Å². The van der Waals surface area contributed by atoms with E-state index in [9.17, 15) is 18.0 Å². The van der Waals surface area contributed by atoms with Gasteiger partial charge in [-0.3, -0.25) is 4.79 Å². The summed E-state index contributed by atoms with van der Waals surface area (Å²) in [7, 11) is 0. The zero-order chi connectivity index (χ0) is 17.2. The van der Waals surface area contributed by atoms with Crippen LogP contribution in [0.25, 0.3) is 0 Å². The van der Waals surface area contributed by atoms with Gasteiger partial charge < -0.3 is 14.5 Å². The molecular weight excluding hydrogens is 327 g/mol. The van der Waals surface area contributed by atoms with Crippen molar-refractivity contribution < 1.29 is 27.1 Å². The first-order valence-electron chi connectivity index (χ1n) is 7.31. The van der Waals surface area contributed by atoms with Gasteiger partial charge in [-0.2, -0.15) is 13.2 Å². The Morgan fingerprint density at radius 2 is 2.04 bits per heavy atom. The number of anilines is 1. The van der Waals surface area contributed by atoms with Gasteiger partial charge in [0, 0.05) is 25.3 Å². The Hall–Kier alpha value is -2.42. The van der Waals surface area contributed by atoms with Gasteiger partial charge in [0.1, 0.15) is 12.1 Å². The topological polar surface area (TPSA) is 77.2 Å². The molecule has 2 aromatic heterocycles. The van der Waals surface area contributed by atoms with E-state index in [-0.39, 0.29) is 17.4 Å². The molecule has 9 heteroatoms. The number of rotatable bonds is 3. The van der Waals surface area contributed by atoms with Gasteiger partial charge in [0.2, 0.25) is 0 Å². The summed E-state index contributed by atoms with van der Waals surface area (Å²) in [6.07, 6.45) is -0.845. The number of nitrogens with one attached hydrogen (secondary N) is 1. The number of halogens is 3. The van der Waals surface area contributed by atoms with Crippen LogP contribution >= 0.6 is 0 Å². The van der Waals surface area contributed by atoms with Crippen LogP contribution in [0.5, 0.6) is 0 Å². The molecule has 1 saturated heterocycles. The van der Waals surface area contributed by atoms with E-state index >= 15 is 0 Å². The lowest BCUT2D eigenvalue weighted by molar-refractivity contribution is -0.137. The number of amides is 1. The van der Waals surface area contributed by atoms with E-state index in [0.717, 1.165) is 31.2 Å². The largest absolute Gasteiger partial charge is 0.448 e. The zero-order valence-electron chi connectivity index (χ0n) is 12.5. The molecule has 1 fully saturated rings. The van der Waals surface area contributed by atoms with E-state index in [1.807, 2.05) is 0 Å². The summed E-state index contributed by atoms with van der Waals surface area (Å²) in [4.78, 5) is 19.9. The van der Waals surface area contributed by atoms with Gasteiger partial charge in [-0.05, 0) is 25.0 Å². The van der Waals surface area contributed by atoms with Crippen LogP contribution in [0.15, 0.2) is 29.0 Å². The van der Waals surface area contributed by atoms with E-state index in [1.165, 1.54) is 6.26 Å². The Bertz CT molecular complexity index is 724. The first-order valence-corrected chi connectivity index (χ1v) is 7.31. The predicted molar refractivity (Wildman–Crippen MR) is 76.5 cm³/mol. The Labute approximate surface area is 135 Å². The maximum atomic E-state index is 12.7. The van der Waals surface area contributed by atoms with Gasteiger partial charge in [0.25, 0.3) is 5.91 Å². The number of pyridine rings is 1. The Morgan fingerprint density at radius 1 is 1.29 bits per heavy atom. The van der Waals surface area contributed by atoms with Gasteiger partial charge in [-0.1, -0.05) is 0 Å². The third-order valence-electron chi connectivity index (χ3n) is 3.65. The van der Waals surface area contributed by atoms with Crippen LogP contribution in [-0.2, 0) is 10.9 Å². The van der Waals surface area contributed by atoms with Crippen molar-refractivity contribution in [1.29, 1.82) is 0 Å². The third kappa shape index (κ3) is 3.73. The second kappa shape index (κ2) is 6.60. The molecule has 0 aliphatic carbocycles. The third-order valence-corrected chi connectivity index (χ3v) is 3.65. The Morgan fingerprint density at radius 3 is 2.75 bits per heavy atom. The van der Waals surface area contributed by atoms with Crippen molar-refractivity contribution in [3.8, 4) is 0 Å². The number of alkyl halides is 3. The summed E-state index contributed by atoms with van der Waals surface area (Å²) < 4.78 is 48.5. The average Bonchev–Trinajstić information content (AvgIpc) is 3.05. The number of carbonyl (C=O) groups excluding carboxylic acids is 1. The molecule has 0 bridgehead atoms. The van der Waals surface area contributed by atoms with Gasteiger partial charge in [-0.15, -0.1) is 0 Å². The molecule has 1 aliphatic rings. The molecule has 24 heavy (non-hydrogen) atoms. The van der Waals surface area contributed by atoms with E-state index in [0.29, 0.717) is 19.1 Å². The highest BCUT2D eigenvalue weighted by atomic mass is 19.4. The fourth-order valence-electron chi connectivity index (χ4n) is 2.38. The van der Waals surface area contributed by atoms with E-state index in [4.69, 9.17) is 9.15 Å². The zero-order valence-corrected chi connectivity index (χ0v) is 12.5. The quantitative estimate of drug-likeness (QED) is 0.927. The van der Waals surface area contributed by atoms with Gasteiger partial charge >= 0.3 is 6.18 Å². The number of nitrogens with zero attached hydrogens (tertiary/aromatic N) is 2. The monoisotopic (exact) mass is 341 g/mol. The molecular formula is C15H14F3N3O3. The lowest BCUT2D eigenvalue weighted by Crippen LogP contribution is -2.16. The fraction of sp³-hybridized carbons (Fsp3) is 0.400. The molecule has 3 heterocycles. The normalized spacial score (nSPS) is 16.1. The molecule has 6 nitrogen and oxygen atoms in total. The molecule has 0 spiro atoms. The molecule has 128 valence electrons. The van der Waals surface area contributed by atoms with Crippen molar-refractivity contribution in [1.82, 2.24) is 9.97 Å². The SMILES string of the molecule is O=C(Nc1cc(C(F)(F)F)ccn1)c1coc(C2CCOCC2)n1. The van der Waals surface area contributed by atoms with Crippen LogP contribution < -0.4 is 5.32 Å². The highest BCUT2D eigenvalue weighted by Crippen LogP contribution is 2.30. The van der Waals surface area contributed by atoms with E-state index in [1.54, 1.807) is 0 Å². The highest BCUT2D eigenvalue weighted by molar-refractivity contribution is 6.02. The number of aromatic nitrogens is 2. The number of carbonyl (C=O) groups is 1. The molecule has 1 N–H and O–H groups in total. The predicted octanol–water partition coefficient (Wildman–Crippen LogP) is 3.23. The minimum absolute atomic E-state index is 0.00398. The van der Waals surface area contributed by atoms with Gasteiger partial charge in [-0.25, -0.2) is 9.97 Å². The molecule has 0 atom stereocenters. The standard InChI is InChI=1S/C15H14F3N3O3/c16-15(17,18)10-1-4-19-12(7-10)21-13(22)11-8-24-14(20-11)9-2-5-23-6-3-9/h1,4,7-9H,2-3,5-6H2,(H,19,21,22). The number of ether oxygens (including phenoxy) is 1. The maximum absolute atomic E-state index is 12.7. The second-order valence-corrected chi connectivity index (χ2v) is 5.34. The van der Waals surface area contributed by atoms with Crippen LogP contribution in [0.1, 0.15) is 40.7 Å².